The lowest BCUT2D eigenvalue weighted by atomic mass is 10.0. The molecule has 6 heteroatoms. The van der Waals surface area contributed by atoms with Gasteiger partial charge in [0.05, 0.1) is 9.92 Å². The standard InChI is InChI=1S/C15H22ClNO3S/c1-10(2)5-6-11(3)17-15(18)12-7-8-13(16)14(9-12)21(4,19)20/h7-11H,5-6H2,1-4H3,(H,17,18). The third-order valence-electron chi connectivity index (χ3n) is 3.15. The Balaban J connectivity index is 2.84. The number of carbonyl (C=O) groups excluding carboxylic acids is 1. The van der Waals surface area contributed by atoms with Crippen molar-refractivity contribution in [3.63, 3.8) is 0 Å². The van der Waals surface area contributed by atoms with Gasteiger partial charge < -0.3 is 5.32 Å². The number of nitrogens with one attached hydrogen (secondary N) is 1. The second-order valence-corrected chi connectivity index (χ2v) is 8.15. The molecule has 0 saturated heterocycles. The molecule has 21 heavy (non-hydrogen) atoms. The van der Waals surface area contributed by atoms with E-state index in [2.05, 4.69) is 19.2 Å². The van der Waals surface area contributed by atoms with Crippen molar-refractivity contribution in [1.82, 2.24) is 5.32 Å². The van der Waals surface area contributed by atoms with Crippen LogP contribution in [-0.2, 0) is 9.84 Å². The van der Waals surface area contributed by atoms with Gasteiger partial charge in [0.15, 0.2) is 9.84 Å². The fourth-order valence-corrected chi connectivity index (χ4v) is 3.19. The van der Waals surface area contributed by atoms with E-state index >= 15 is 0 Å². The lowest BCUT2D eigenvalue weighted by Crippen LogP contribution is -2.32. The van der Waals surface area contributed by atoms with Gasteiger partial charge >= 0.3 is 0 Å². The molecule has 1 aromatic rings. The molecule has 1 amide bonds. The summed E-state index contributed by atoms with van der Waals surface area (Å²) in [5, 5.41) is 3.00. The van der Waals surface area contributed by atoms with Crippen LogP contribution in [0.3, 0.4) is 0 Å². The van der Waals surface area contributed by atoms with Crippen molar-refractivity contribution in [1.29, 1.82) is 0 Å². The molecular weight excluding hydrogens is 310 g/mol. The van der Waals surface area contributed by atoms with Gasteiger partial charge in [0.25, 0.3) is 5.91 Å². The normalized spacial score (nSPS) is 13.2. The average Bonchev–Trinajstić information content (AvgIpc) is 2.35. The zero-order chi connectivity index (χ0) is 16.2. The summed E-state index contributed by atoms with van der Waals surface area (Å²) < 4.78 is 23.2. The Bertz CT molecular complexity index is 611. The molecule has 1 rings (SSSR count). The highest BCUT2D eigenvalue weighted by molar-refractivity contribution is 7.90. The minimum atomic E-state index is -3.45. The molecular formula is C15H22ClNO3S. The van der Waals surface area contributed by atoms with Gasteiger partial charge in [0.1, 0.15) is 0 Å². The van der Waals surface area contributed by atoms with Crippen molar-refractivity contribution in [2.45, 2.75) is 44.6 Å². The van der Waals surface area contributed by atoms with E-state index in [0.717, 1.165) is 19.1 Å². The minimum Gasteiger partial charge on any atom is -0.350 e. The zero-order valence-corrected chi connectivity index (χ0v) is 14.4. The summed E-state index contributed by atoms with van der Waals surface area (Å²) in [5.41, 5.74) is 0.302. The number of halogens is 1. The van der Waals surface area contributed by atoms with Gasteiger partial charge in [0, 0.05) is 17.9 Å². The van der Waals surface area contributed by atoms with E-state index < -0.39 is 9.84 Å². The van der Waals surface area contributed by atoms with Crippen LogP contribution in [0, 0.1) is 5.92 Å². The monoisotopic (exact) mass is 331 g/mol. The van der Waals surface area contributed by atoms with E-state index in [4.69, 9.17) is 11.6 Å². The van der Waals surface area contributed by atoms with Gasteiger partial charge in [-0.25, -0.2) is 8.42 Å². The second kappa shape index (κ2) is 7.27. The number of carbonyl (C=O) groups is 1. The second-order valence-electron chi connectivity index (χ2n) is 5.76. The van der Waals surface area contributed by atoms with Crippen LogP contribution in [0.5, 0.6) is 0 Å². The number of rotatable bonds is 6. The van der Waals surface area contributed by atoms with Crippen molar-refractivity contribution >= 4 is 27.3 Å². The summed E-state index contributed by atoms with van der Waals surface area (Å²) in [5.74, 6) is 0.296. The predicted octanol–water partition coefficient (Wildman–Crippen LogP) is 3.30. The molecule has 1 atom stereocenters. The van der Waals surface area contributed by atoms with Gasteiger partial charge in [-0.1, -0.05) is 25.4 Å². The quantitative estimate of drug-likeness (QED) is 0.869. The smallest absolute Gasteiger partial charge is 0.251 e. The Morgan fingerprint density at radius 2 is 1.86 bits per heavy atom. The van der Waals surface area contributed by atoms with Gasteiger partial charge in [-0.15, -0.1) is 0 Å². The largest absolute Gasteiger partial charge is 0.350 e. The van der Waals surface area contributed by atoms with Crippen LogP contribution in [-0.4, -0.2) is 26.6 Å². The molecule has 0 aromatic heterocycles. The van der Waals surface area contributed by atoms with Crippen LogP contribution in [0.4, 0.5) is 0 Å². The van der Waals surface area contributed by atoms with Crippen LogP contribution in [0.25, 0.3) is 0 Å². The molecule has 1 aromatic carbocycles. The fourth-order valence-electron chi connectivity index (χ4n) is 1.89. The first-order valence-corrected chi connectivity index (χ1v) is 9.18. The Morgan fingerprint density at radius 1 is 1.24 bits per heavy atom. The molecule has 0 aliphatic carbocycles. The summed E-state index contributed by atoms with van der Waals surface area (Å²) in [6.45, 7) is 6.20. The highest BCUT2D eigenvalue weighted by Crippen LogP contribution is 2.22. The maximum absolute atomic E-state index is 12.1. The highest BCUT2D eigenvalue weighted by atomic mass is 35.5. The van der Waals surface area contributed by atoms with E-state index in [1.54, 1.807) is 0 Å². The van der Waals surface area contributed by atoms with Gasteiger partial charge in [0.2, 0.25) is 0 Å². The molecule has 0 aliphatic rings. The number of amides is 1. The Hall–Kier alpha value is -1.07. The molecule has 0 fully saturated rings. The number of sulfone groups is 1. The summed E-state index contributed by atoms with van der Waals surface area (Å²) in [7, 11) is -3.45. The number of hydrogen-bond acceptors (Lipinski definition) is 3. The highest BCUT2D eigenvalue weighted by Gasteiger charge is 2.17. The summed E-state index contributed by atoms with van der Waals surface area (Å²) in [6.07, 6.45) is 2.98. The topological polar surface area (TPSA) is 63.2 Å². The maximum atomic E-state index is 12.1. The number of benzene rings is 1. The van der Waals surface area contributed by atoms with Crippen LogP contribution in [0.1, 0.15) is 44.0 Å². The van der Waals surface area contributed by atoms with Gasteiger partial charge in [-0.2, -0.15) is 0 Å². The first-order valence-electron chi connectivity index (χ1n) is 6.91. The minimum absolute atomic E-state index is 0.0216. The van der Waals surface area contributed by atoms with Crippen molar-refractivity contribution in [2.24, 2.45) is 5.92 Å². The molecule has 0 bridgehead atoms. The SMILES string of the molecule is CC(C)CCC(C)NC(=O)c1ccc(Cl)c(S(C)(=O)=O)c1. The summed E-state index contributed by atoms with van der Waals surface area (Å²) >= 11 is 5.86. The molecule has 0 heterocycles. The summed E-state index contributed by atoms with van der Waals surface area (Å²) in [6, 6.07) is 4.33. The Labute approximate surface area is 131 Å². The molecule has 0 spiro atoms. The molecule has 118 valence electrons. The Kier molecular flexibility index (Phi) is 6.23. The first-order chi connectivity index (χ1) is 9.61. The number of hydrogen-bond donors (Lipinski definition) is 1. The Morgan fingerprint density at radius 3 is 2.38 bits per heavy atom. The fraction of sp³-hybridized carbons (Fsp3) is 0.533. The van der Waals surface area contributed by atoms with Crippen molar-refractivity contribution < 1.29 is 13.2 Å². The summed E-state index contributed by atoms with van der Waals surface area (Å²) in [4.78, 5) is 12.1. The van der Waals surface area contributed by atoms with Crippen molar-refractivity contribution in [3.8, 4) is 0 Å². The molecule has 0 saturated carbocycles. The molecule has 4 nitrogen and oxygen atoms in total. The first kappa shape index (κ1) is 18.0. The maximum Gasteiger partial charge on any atom is 0.251 e. The molecule has 0 radical (unpaired) electrons. The van der Waals surface area contributed by atoms with Gasteiger partial charge in [-0.05, 0) is 43.9 Å². The van der Waals surface area contributed by atoms with Crippen molar-refractivity contribution in [2.75, 3.05) is 6.26 Å². The van der Waals surface area contributed by atoms with E-state index in [1.807, 2.05) is 6.92 Å². The lowest BCUT2D eigenvalue weighted by Gasteiger charge is -2.15. The molecule has 1 unspecified atom stereocenters. The van der Waals surface area contributed by atoms with E-state index in [1.165, 1.54) is 18.2 Å². The van der Waals surface area contributed by atoms with Crippen LogP contribution in [0.2, 0.25) is 5.02 Å². The van der Waals surface area contributed by atoms with E-state index in [-0.39, 0.29) is 21.9 Å². The predicted molar refractivity (Wildman–Crippen MR) is 85.6 cm³/mol. The van der Waals surface area contributed by atoms with Crippen LogP contribution in [0.15, 0.2) is 23.1 Å². The average molecular weight is 332 g/mol. The van der Waals surface area contributed by atoms with Crippen molar-refractivity contribution in [3.05, 3.63) is 28.8 Å². The van der Waals surface area contributed by atoms with E-state index in [0.29, 0.717) is 11.5 Å². The molecule has 1 N–H and O–H groups in total. The third-order valence-corrected chi connectivity index (χ3v) is 4.73. The third kappa shape index (κ3) is 5.67. The van der Waals surface area contributed by atoms with Crippen LogP contribution >= 0.6 is 11.6 Å². The van der Waals surface area contributed by atoms with E-state index in [9.17, 15) is 13.2 Å². The van der Waals surface area contributed by atoms with Gasteiger partial charge in [-0.3, -0.25) is 4.79 Å². The van der Waals surface area contributed by atoms with Crippen LogP contribution < -0.4 is 5.32 Å². The lowest BCUT2D eigenvalue weighted by molar-refractivity contribution is 0.0937. The molecule has 0 aliphatic heterocycles. The zero-order valence-electron chi connectivity index (χ0n) is 12.8.